The van der Waals surface area contributed by atoms with Crippen molar-refractivity contribution in [1.29, 1.82) is 0 Å². The van der Waals surface area contributed by atoms with Crippen molar-refractivity contribution in [3.8, 4) is 0 Å². The first-order chi connectivity index (χ1) is 4.91. The minimum atomic E-state index is 0.513. The molecule has 0 aliphatic carbocycles. The molecule has 0 amide bonds. The van der Waals surface area contributed by atoms with E-state index in [-0.39, 0.29) is 0 Å². The molecule has 0 bridgehead atoms. The Bertz CT molecular complexity index is 147. The minimum absolute atomic E-state index is 0.513. The molecule has 58 valence electrons. The van der Waals surface area contributed by atoms with Gasteiger partial charge in [0.2, 0.25) is 0 Å². The molecule has 0 N–H and O–H groups in total. The van der Waals surface area contributed by atoms with Crippen molar-refractivity contribution in [1.82, 2.24) is 0 Å². The lowest BCUT2D eigenvalue weighted by molar-refractivity contribution is 0.699. The van der Waals surface area contributed by atoms with E-state index in [4.69, 9.17) is 0 Å². The summed E-state index contributed by atoms with van der Waals surface area (Å²) in [5, 5.41) is 3.29. The molecule has 0 aromatic heterocycles. The summed E-state index contributed by atoms with van der Waals surface area (Å²) < 4.78 is 19.6. The van der Waals surface area contributed by atoms with Gasteiger partial charge < -0.3 is 0 Å². The van der Waals surface area contributed by atoms with Crippen LogP contribution in [0.1, 0.15) is 25.7 Å². The minimum Gasteiger partial charge on any atom is -0.213 e. The molecule has 0 radical (unpaired) electrons. The second-order valence-corrected chi connectivity index (χ2v) is 2.86. The summed E-state index contributed by atoms with van der Waals surface area (Å²) >= 11 is 1.03. The van der Waals surface area contributed by atoms with Gasteiger partial charge in [0.05, 0.1) is 22.5 Å². The Hall–Kier alpha value is -0.220. The molecule has 0 spiro atoms. The molecule has 4 heteroatoms. The fraction of sp³-hybridized carbons (Fsp3) is 0.667. The average Bonchev–Trinajstić information content (AvgIpc) is 1.97. The van der Waals surface area contributed by atoms with E-state index < -0.39 is 0 Å². The third-order valence-corrected chi connectivity index (χ3v) is 1.77. The molecular formula is C6H10O2S2. The Morgan fingerprint density at radius 2 is 1.30 bits per heavy atom. The SMILES string of the molecule is O=S=CCCCCC=S=O. The summed E-state index contributed by atoms with van der Waals surface area (Å²) in [6.45, 7) is 0. The van der Waals surface area contributed by atoms with Crippen LogP contribution >= 0.6 is 0 Å². The third kappa shape index (κ3) is 7.78. The first kappa shape index (κ1) is 9.78. The fourth-order valence-corrected chi connectivity index (χ4v) is 1.08. The van der Waals surface area contributed by atoms with Gasteiger partial charge in [0, 0.05) is 10.7 Å². The average molecular weight is 178 g/mol. The van der Waals surface area contributed by atoms with Gasteiger partial charge in [0.1, 0.15) is 0 Å². The lowest BCUT2D eigenvalue weighted by Gasteiger charge is -1.87. The van der Waals surface area contributed by atoms with Crippen molar-refractivity contribution in [3.05, 3.63) is 0 Å². The summed E-state index contributed by atoms with van der Waals surface area (Å²) in [5.74, 6) is 0. The highest BCUT2D eigenvalue weighted by Crippen LogP contribution is 1.94. The zero-order valence-electron chi connectivity index (χ0n) is 5.62. The maximum atomic E-state index is 9.82. The number of unbranched alkanes of at least 4 members (excludes halogenated alkanes) is 3. The molecule has 0 aromatic rings. The second-order valence-electron chi connectivity index (χ2n) is 1.81. The van der Waals surface area contributed by atoms with E-state index >= 15 is 0 Å². The van der Waals surface area contributed by atoms with Crippen LogP contribution in [0.25, 0.3) is 0 Å². The standard InChI is InChI=1S/C6H10O2S2/c7-9-5-3-1-2-4-6-10-8/h5-6H,1-4H2. The Morgan fingerprint density at radius 1 is 0.900 bits per heavy atom. The number of hydrogen-bond acceptors (Lipinski definition) is 2. The largest absolute Gasteiger partial charge is 0.213 e. The maximum Gasteiger partial charge on any atom is 0.0841 e. The molecule has 0 atom stereocenters. The van der Waals surface area contributed by atoms with Gasteiger partial charge in [0.25, 0.3) is 0 Å². The van der Waals surface area contributed by atoms with Crippen LogP contribution in [0, 0.1) is 0 Å². The molecule has 0 saturated carbocycles. The van der Waals surface area contributed by atoms with Crippen molar-refractivity contribution in [3.63, 3.8) is 0 Å². The van der Waals surface area contributed by atoms with Crippen LogP contribution in [-0.2, 0) is 22.5 Å². The molecular weight excluding hydrogens is 168 g/mol. The molecule has 0 saturated heterocycles. The maximum absolute atomic E-state index is 9.82. The van der Waals surface area contributed by atoms with Gasteiger partial charge in [-0.3, -0.25) is 0 Å². The highest BCUT2D eigenvalue weighted by Gasteiger charge is 1.82. The summed E-state index contributed by atoms with van der Waals surface area (Å²) in [5.41, 5.74) is 0. The summed E-state index contributed by atoms with van der Waals surface area (Å²) in [7, 11) is 0. The molecule has 2 nitrogen and oxygen atoms in total. The van der Waals surface area contributed by atoms with E-state index in [0.29, 0.717) is 22.5 Å². The first-order valence-electron chi connectivity index (χ1n) is 3.12. The molecule has 0 aromatic carbocycles. The van der Waals surface area contributed by atoms with E-state index in [1.165, 1.54) is 0 Å². The molecule has 10 heavy (non-hydrogen) atoms. The quantitative estimate of drug-likeness (QED) is 0.456. The lowest BCUT2D eigenvalue weighted by Crippen LogP contribution is -1.79. The van der Waals surface area contributed by atoms with Gasteiger partial charge in [-0.1, -0.05) is 0 Å². The van der Waals surface area contributed by atoms with Crippen molar-refractivity contribution >= 4 is 33.2 Å². The lowest BCUT2D eigenvalue weighted by atomic mass is 10.2. The highest BCUT2D eigenvalue weighted by molar-refractivity contribution is 7.65. The topological polar surface area (TPSA) is 34.1 Å². The molecule has 0 fully saturated rings. The van der Waals surface area contributed by atoms with Crippen LogP contribution < -0.4 is 0 Å². The Morgan fingerprint density at radius 3 is 1.60 bits per heavy atom. The Balaban J connectivity index is 3.04. The van der Waals surface area contributed by atoms with Crippen molar-refractivity contribution in [2.75, 3.05) is 0 Å². The normalized spacial score (nSPS) is 8.40. The molecule has 0 heterocycles. The van der Waals surface area contributed by atoms with Crippen LogP contribution in [0.4, 0.5) is 0 Å². The predicted molar refractivity (Wildman–Crippen MR) is 46.9 cm³/mol. The van der Waals surface area contributed by atoms with Gasteiger partial charge in [-0.05, 0) is 25.7 Å². The van der Waals surface area contributed by atoms with Gasteiger partial charge in [0.15, 0.2) is 0 Å². The van der Waals surface area contributed by atoms with Crippen LogP contribution in [0.15, 0.2) is 0 Å². The van der Waals surface area contributed by atoms with E-state index in [1.54, 1.807) is 10.7 Å². The Labute approximate surface area is 67.8 Å². The predicted octanol–water partition coefficient (Wildman–Crippen LogP) is 0.577. The smallest absolute Gasteiger partial charge is 0.0841 e. The van der Waals surface area contributed by atoms with Gasteiger partial charge in [-0.2, -0.15) is 0 Å². The van der Waals surface area contributed by atoms with E-state index in [2.05, 4.69) is 0 Å². The second kappa shape index (κ2) is 8.78. The summed E-state index contributed by atoms with van der Waals surface area (Å²) in [6.07, 6.45) is 3.72. The van der Waals surface area contributed by atoms with Crippen molar-refractivity contribution < 1.29 is 8.42 Å². The van der Waals surface area contributed by atoms with E-state index in [0.717, 1.165) is 25.7 Å². The van der Waals surface area contributed by atoms with Crippen LogP contribution in [-0.4, -0.2) is 19.2 Å². The van der Waals surface area contributed by atoms with Crippen molar-refractivity contribution in [2.24, 2.45) is 0 Å². The zero-order valence-corrected chi connectivity index (χ0v) is 7.25. The van der Waals surface area contributed by atoms with Crippen LogP contribution in [0.3, 0.4) is 0 Å². The summed E-state index contributed by atoms with van der Waals surface area (Å²) in [4.78, 5) is 0. The molecule has 0 aliphatic heterocycles. The molecule has 0 rings (SSSR count). The molecule has 0 unspecified atom stereocenters. The van der Waals surface area contributed by atoms with Crippen molar-refractivity contribution in [2.45, 2.75) is 25.7 Å². The fourth-order valence-electron chi connectivity index (χ4n) is 0.552. The first-order valence-corrected chi connectivity index (χ1v) is 4.73. The van der Waals surface area contributed by atoms with Crippen LogP contribution in [0.2, 0.25) is 0 Å². The monoisotopic (exact) mass is 178 g/mol. The van der Waals surface area contributed by atoms with E-state index in [9.17, 15) is 8.42 Å². The third-order valence-electron chi connectivity index (χ3n) is 1.03. The molecule has 0 aliphatic rings. The van der Waals surface area contributed by atoms with Crippen LogP contribution in [0.5, 0.6) is 0 Å². The summed E-state index contributed by atoms with van der Waals surface area (Å²) in [6, 6.07) is 0. The van der Waals surface area contributed by atoms with Gasteiger partial charge in [-0.25, -0.2) is 8.42 Å². The van der Waals surface area contributed by atoms with E-state index in [1.807, 2.05) is 0 Å². The highest BCUT2D eigenvalue weighted by atomic mass is 32.1. The number of rotatable bonds is 5. The number of hydrogen-bond donors (Lipinski definition) is 0. The Kier molecular flexibility index (Phi) is 8.59. The van der Waals surface area contributed by atoms with Gasteiger partial charge >= 0.3 is 0 Å². The zero-order chi connectivity index (χ0) is 7.66. The van der Waals surface area contributed by atoms with Gasteiger partial charge in [-0.15, -0.1) is 0 Å².